The Hall–Kier alpha value is -1.97. The molecule has 3 rings (SSSR count). The maximum atomic E-state index is 5.88. The van der Waals surface area contributed by atoms with Crippen molar-refractivity contribution in [1.29, 1.82) is 0 Å². The van der Waals surface area contributed by atoms with Crippen LogP contribution in [0.5, 0.6) is 0 Å². The van der Waals surface area contributed by atoms with E-state index in [1.807, 2.05) is 19.1 Å². The minimum atomic E-state index is 0.210. The number of nitrogen functional groups attached to an aromatic ring is 1. The molecular weight excluding hydrogens is 378 g/mol. The minimum absolute atomic E-state index is 0.210. The molecule has 0 bridgehead atoms. The van der Waals surface area contributed by atoms with Gasteiger partial charge in [-0.05, 0) is 25.5 Å². The van der Waals surface area contributed by atoms with E-state index in [4.69, 9.17) is 18.0 Å². The van der Waals surface area contributed by atoms with Gasteiger partial charge in [0.15, 0.2) is 0 Å². The normalized spacial score (nSPS) is 15.0. The van der Waals surface area contributed by atoms with Crippen LogP contribution in [0.1, 0.15) is 17.0 Å². The van der Waals surface area contributed by atoms with Crippen LogP contribution in [0.2, 0.25) is 0 Å². The van der Waals surface area contributed by atoms with Crippen LogP contribution in [-0.2, 0) is 5.75 Å². The smallest absolute Gasteiger partial charge is 0.232 e. The molecule has 1 aliphatic heterocycles. The molecule has 0 spiro atoms. The molecule has 0 radical (unpaired) electrons. The predicted molar refractivity (Wildman–Crippen MR) is 116 cm³/mol. The highest BCUT2D eigenvalue weighted by Gasteiger charge is 2.19. The summed E-state index contributed by atoms with van der Waals surface area (Å²) in [5, 5.41) is 3.24. The third kappa shape index (κ3) is 5.50. The number of nitrogens with two attached hydrogens (primary N) is 1. The Morgan fingerprint density at radius 3 is 2.70 bits per heavy atom. The van der Waals surface area contributed by atoms with Gasteiger partial charge in [0, 0.05) is 5.69 Å². The van der Waals surface area contributed by atoms with Crippen LogP contribution in [0, 0.1) is 13.8 Å². The number of nitrogens with zero attached hydrogens (tertiary/aromatic N) is 4. The van der Waals surface area contributed by atoms with Crippen LogP contribution in [0.15, 0.2) is 18.2 Å². The molecule has 0 atom stereocenters. The lowest BCUT2D eigenvalue weighted by Gasteiger charge is -2.31. The van der Waals surface area contributed by atoms with Gasteiger partial charge in [0.25, 0.3) is 0 Å². The average molecular weight is 405 g/mol. The highest BCUT2D eigenvalue weighted by Crippen LogP contribution is 2.21. The maximum absolute atomic E-state index is 5.88. The second-order valence-electron chi connectivity index (χ2n) is 6.88. The molecule has 9 heteroatoms. The molecule has 0 saturated carbocycles. The average Bonchev–Trinajstić information content (AvgIpc) is 2.62. The van der Waals surface area contributed by atoms with Gasteiger partial charge in [-0.3, -0.25) is 0 Å². The highest BCUT2D eigenvalue weighted by molar-refractivity contribution is 8.22. The molecule has 1 aromatic heterocycles. The number of quaternary nitrogens is 1. The first kappa shape index (κ1) is 19.8. The van der Waals surface area contributed by atoms with Crippen LogP contribution in [0.3, 0.4) is 0 Å². The number of aromatic nitrogens is 3. The first-order valence-electron chi connectivity index (χ1n) is 8.98. The lowest BCUT2D eigenvalue weighted by Crippen LogP contribution is -3.12. The summed E-state index contributed by atoms with van der Waals surface area (Å²) in [6, 6.07) is 6.18. The van der Waals surface area contributed by atoms with Gasteiger partial charge in [0.1, 0.15) is 10.1 Å². The number of anilines is 3. The molecule has 1 fully saturated rings. The van der Waals surface area contributed by atoms with Gasteiger partial charge in [-0.1, -0.05) is 41.7 Å². The van der Waals surface area contributed by atoms with Crippen LogP contribution in [0.4, 0.5) is 17.6 Å². The van der Waals surface area contributed by atoms with Crippen molar-refractivity contribution in [3.05, 3.63) is 35.2 Å². The highest BCUT2D eigenvalue weighted by atomic mass is 32.2. The van der Waals surface area contributed by atoms with Gasteiger partial charge in [0.05, 0.1) is 39.0 Å². The first-order chi connectivity index (χ1) is 12.9. The summed E-state index contributed by atoms with van der Waals surface area (Å²) in [6.07, 6.45) is 0. The zero-order chi connectivity index (χ0) is 19.4. The van der Waals surface area contributed by atoms with Gasteiger partial charge in [-0.15, -0.1) is 0 Å². The number of likely N-dealkylation sites (N-methyl/N-ethyl adjacent to an activating group) is 1. The van der Waals surface area contributed by atoms with Crippen molar-refractivity contribution >= 4 is 45.9 Å². The molecule has 144 valence electrons. The fourth-order valence-electron chi connectivity index (χ4n) is 2.92. The lowest BCUT2D eigenvalue weighted by atomic mass is 10.1. The van der Waals surface area contributed by atoms with Crippen molar-refractivity contribution in [1.82, 2.24) is 19.9 Å². The van der Waals surface area contributed by atoms with E-state index in [1.54, 1.807) is 16.7 Å². The number of thiocarbonyl (C=S) groups is 1. The molecular formula is C18H26N7S2+. The summed E-state index contributed by atoms with van der Waals surface area (Å²) >= 11 is 7.15. The second-order valence-corrected chi connectivity index (χ2v) is 8.48. The molecule has 4 N–H and O–H groups in total. The molecule has 7 nitrogen and oxygen atoms in total. The quantitative estimate of drug-likeness (QED) is 0.655. The van der Waals surface area contributed by atoms with E-state index in [0.29, 0.717) is 17.5 Å². The number of nitrogens with one attached hydrogen (secondary N) is 2. The Morgan fingerprint density at radius 2 is 2.00 bits per heavy atom. The third-order valence-electron chi connectivity index (χ3n) is 4.53. The van der Waals surface area contributed by atoms with Crippen molar-refractivity contribution in [2.75, 3.05) is 44.3 Å². The van der Waals surface area contributed by atoms with E-state index in [0.717, 1.165) is 41.8 Å². The number of rotatable bonds is 4. The number of benzene rings is 1. The van der Waals surface area contributed by atoms with Crippen LogP contribution < -0.4 is 16.0 Å². The number of piperazine rings is 1. The van der Waals surface area contributed by atoms with Crippen molar-refractivity contribution in [3.63, 3.8) is 0 Å². The maximum Gasteiger partial charge on any atom is 0.232 e. The van der Waals surface area contributed by atoms with Crippen LogP contribution >= 0.6 is 24.0 Å². The molecule has 0 unspecified atom stereocenters. The molecule has 1 saturated heterocycles. The molecule has 27 heavy (non-hydrogen) atoms. The standard InChI is InChI=1S/C18H25N7S2/c1-12-4-5-14(13(2)10-12)20-17-22-15(21-16(19)23-17)11-27-18(26)25-8-6-24(3)7-9-25/h4-5,10H,6-9,11H2,1-3H3,(H3,19,20,21,22,23)/p+1. The number of aryl methyl sites for hydroxylation is 2. The van der Waals surface area contributed by atoms with Crippen molar-refractivity contribution in [2.24, 2.45) is 0 Å². The first-order valence-corrected chi connectivity index (χ1v) is 10.4. The molecule has 2 heterocycles. The molecule has 0 amide bonds. The Bertz CT molecular complexity index is 819. The van der Waals surface area contributed by atoms with Crippen LogP contribution in [-0.4, -0.2) is 57.4 Å². The van der Waals surface area contributed by atoms with Gasteiger partial charge in [-0.25, -0.2) is 0 Å². The zero-order valence-corrected chi connectivity index (χ0v) is 17.6. The fourth-order valence-corrected chi connectivity index (χ4v) is 4.03. The van der Waals surface area contributed by atoms with E-state index in [-0.39, 0.29) is 5.95 Å². The number of thioether (sulfide) groups is 1. The molecule has 1 aromatic carbocycles. The van der Waals surface area contributed by atoms with Crippen LogP contribution in [0.25, 0.3) is 0 Å². The number of hydrogen-bond acceptors (Lipinski definition) is 7. The summed E-state index contributed by atoms with van der Waals surface area (Å²) in [6.45, 7) is 8.34. The van der Waals surface area contributed by atoms with Crippen molar-refractivity contribution < 1.29 is 4.90 Å². The van der Waals surface area contributed by atoms with Gasteiger partial charge in [-0.2, -0.15) is 15.0 Å². The zero-order valence-electron chi connectivity index (χ0n) is 16.0. The van der Waals surface area contributed by atoms with Crippen molar-refractivity contribution in [3.8, 4) is 0 Å². The Morgan fingerprint density at radius 1 is 1.26 bits per heavy atom. The Balaban J connectivity index is 1.63. The van der Waals surface area contributed by atoms with E-state index < -0.39 is 0 Å². The summed E-state index contributed by atoms with van der Waals surface area (Å²) in [7, 11) is 2.21. The van der Waals surface area contributed by atoms with E-state index in [1.165, 1.54) is 5.56 Å². The summed E-state index contributed by atoms with van der Waals surface area (Å²) < 4.78 is 0.894. The predicted octanol–water partition coefficient (Wildman–Crippen LogP) is 1.16. The topological polar surface area (TPSA) is 84.4 Å². The fraction of sp³-hybridized carbons (Fsp3) is 0.444. The van der Waals surface area contributed by atoms with Gasteiger partial charge >= 0.3 is 0 Å². The molecule has 0 aliphatic carbocycles. The van der Waals surface area contributed by atoms with E-state index in [2.05, 4.69) is 45.2 Å². The molecule has 1 aliphatic rings. The van der Waals surface area contributed by atoms with Gasteiger partial charge in [0.2, 0.25) is 11.9 Å². The van der Waals surface area contributed by atoms with Crippen molar-refractivity contribution in [2.45, 2.75) is 19.6 Å². The monoisotopic (exact) mass is 404 g/mol. The largest absolute Gasteiger partial charge is 0.368 e. The Kier molecular flexibility index (Phi) is 6.46. The summed E-state index contributed by atoms with van der Waals surface area (Å²) in [4.78, 5) is 16.8. The molecule has 2 aromatic rings. The summed E-state index contributed by atoms with van der Waals surface area (Å²) in [5.74, 6) is 1.87. The SMILES string of the molecule is Cc1ccc(Nc2nc(N)nc(CSC(=S)N3CC[NH+](C)CC3)n2)c(C)c1. The van der Waals surface area contributed by atoms with E-state index in [9.17, 15) is 0 Å². The second kappa shape index (κ2) is 8.81. The Labute approximate surface area is 169 Å². The minimum Gasteiger partial charge on any atom is -0.368 e. The summed E-state index contributed by atoms with van der Waals surface area (Å²) in [5.41, 5.74) is 9.18. The third-order valence-corrected chi connectivity index (χ3v) is 6.05. The lowest BCUT2D eigenvalue weighted by molar-refractivity contribution is -0.883. The van der Waals surface area contributed by atoms with E-state index >= 15 is 0 Å². The number of hydrogen-bond donors (Lipinski definition) is 3. The van der Waals surface area contributed by atoms with Gasteiger partial charge < -0.3 is 20.9 Å².